The van der Waals surface area contributed by atoms with Crippen LogP contribution < -0.4 is 5.43 Å². The third-order valence-corrected chi connectivity index (χ3v) is 3.58. The van der Waals surface area contributed by atoms with E-state index < -0.39 is 0 Å². The van der Waals surface area contributed by atoms with Crippen molar-refractivity contribution >= 4 is 10.9 Å². The van der Waals surface area contributed by atoms with E-state index in [0.717, 1.165) is 42.3 Å². The summed E-state index contributed by atoms with van der Waals surface area (Å²) in [6, 6.07) is 5.71. The molecule has 0 fully saturated rings. The van der Waals surface area contributed by atoms with E-state index >= 15 is 0 Å². The summed E-state index contributed by atoms with van der Waals surface area (Å²) in [5.74, 6) is 0. The van der Waals surface area contributed by atoms with Crippen molar-refractivity contribution in [1.82, 2.24) is 4.98 Å². The van der Waals surface area contributed by atoms with Crippen LogP contribution >= 0.6 is 0 Å². The van der Waals surface area contributed by atoms with Crippen molar-refractivity contribution in [3.8, 4) is 0 Å². The number of benzene rings is 1. The van der Waals surface area contributed by atoms with Crippen LogP contribution in [-0.2, 0) is 11.2 Å². The number of nitrogens with one attached hydrogen (secondary N) is 1. The molecule has 1 aliphatic rings. The smallest absolute Gasteiger partial charge is 0.189 e. The largest absolute Gasteiger partial charge is 0.373 e. The zero-order chi connectivity index (χ0) is 12.5. The first-order valence-corrected chi connectivity index (χ1v) is 6.56. The van der Waals surface area contributed by atoms with E-state index in [1.54, 1.807) is 12.3 Å². The van der Waals surface area contributed by atoms with Gasteiger partial charge >= 0.3 is 0 Å². The van der Waals surface area contributed by atoms with Crippen molar-refractivity contribution in [3.63, 3.8) is 0 Å². The first-order chi connectivity index (χ1) is 8.81. The number of ether oxygens (including phenoxy) is 1. The number of aromatic amines is 1. The fourth-order valence-corrected chi connectivity index (χ4v) is 2.78. The maximum Gasteiger partial charge on any atom is 0.189 e. The molecule has 1 heterocycles. The Morgan fingerprint density at radius 2 is 2.28 bits per heavy atom. The summed E-state index contributed by atoms with van der Waals surface area (Å²) >= 11 is 0. The second-order valence-corrected chi connectivity index (χ2v) is 4.80. The van der Waals surface area contributed by atoms with Crippen LogP contribution in [0.2, 0.25) is 0 Å². The molecule has 1 aliphatic carbocycles. The highest BCUT2D eigenvalue weighted by molar-refractivity contribution is 5.84. The van der Waals surface area contributed by atoms with Gasteiger partial charge in [-0.1, -0.05) is 13.0 Å². The fraction of sp³-hybridized carbons (Fsp3) is 0.400. The minimum absolute atomic E-state index is 0.0900. The lowest BCUT2D eigenvalue weighted by molar-refractivity contribution is 0.0553. The second kappa shape index (κ2) is 4.58. The first-order valence-electron chi connectivity index (χ1n) is 6.56. The van der Waals surface area contributed by atoms with Gasteiger partial charge in [0.15, 0.2) is 5.43 Å². The Balaban J connectivity index is 2.17. The first kappa shape index (κ1) is 11.5. The molecule has 0 saturated heterocycles. The monoisotopic (exact) mass is 243 g/mol. The Hall–Kier alpha value is -1.61. The average Bonchev–Trinajstić information content (AvgIpc) is 2.79. The molecule has 18 heavy (non-hydrogen) atoms. The normalized spacial score (nSPS) is 18.2. The van der Waals surface area contributed by atoms with Crippen LogP contribution in [0.3, 0.4) is 0 Å². The molecule has 94 valence electrons. The predicted molar refractivity (Wildman–Crippen MR) is 71.9 cm³/mol. The molecule has 0 aliphatic heterocycles. The summed E-state index contributed by atoms with van der Waals surface area (Å²) in [5.41, 5.74) is 3.38. The number of rotatable bonds is 3. The number of fused-ring (bicyclic) bond motifs is 3. The molecule has 0 bridgehead atoms. The van der Waals surface area contributed by atoms with Gasteiger partial charge in [0.25, 0.3) is 0 Å². The molecular weight excluding hydrogens is 226 g/mol. The Morgan fingerprint density at radius 1 is 1.39 bits per heavy atom. The molecule has 1 atom stereocenters. The topological polar surface area (TPSA) is 42.1 Å². The van der Waals surface area contributed by atoms with E-state index in [4.69, 9.17) is 4.74 Å². The summed E-state index contributed by atoms with van der Waals surface area (Å²) in [5, 5.41) is 0.814. The van der Waals surface area contributed by atoms with E-state index in [1.165, 1.54) is 5.56 Å². The maximum atomic E-state index is 12.1. The maximum absolute atomic E-state index is 12.1. The van der Waals surface area contributed by atoms with Crippen LogP contribution in [0.15, 0.2) is 29.2 Å². The lowest BCUT2D eigenvalue weighted by Gasteiger charge is -2.14. The van der Waals surface area contributed by atoms with Gasteiger partial charge in [0.2, 0.25) is 0 Å². The molecule has 0 radical (unpaired) electrons. The van der Waals surface area contributed by atoms with Crippen LogP contribution in [0.25, 0.3) is 10.9 Å². The Labute approximate surface area is 106 Å². The number of hydrogen-bond donors (Lipinski definition) is 1. The number of H-pyrrole nitrogens is 1. The van der Waals surface area contributed by atoms with Crippen LogP contribution in [-0.4, -0.2) is 11.6 Å². The molecule has 1 aromatic carbocycles. The van der Waals surface area contributed by atoms with Crippen LogP contribution in [0.5, 0.6) is 0 Å². The van der Waals surface area contributed by atoms with E-state index in [-0.39, 0.29) is 11.5 Å². The van der Waals surface area contributed by atoms with Crippen molar-refractivity contribution in [1.29, 1.82) is 0 Å². The van der Waals surface area contributed by atoms with Gasteiger partial charge in [0, 0.05) is 24.4 Å². The average molecular weight is 243 g/mol. The molecule has 1 unspecified atom stereocenters. The highest BCUT2D eigenvalue weighted by atomic mass is 16.5. The molecule has 0 amide bonds. The molecule has 3 rings (SSSR count). The molecule has 3 heteroatoms. The van der Waals surface area contributed by atoms with E-state index in [2.05, 4.69) is 18.0 Å². The Kier molecular flexibility index (Phi) is 2.92. The standard InChI is InChI=1S/C15H17NO2/c1-2-9-18-13-6-4-10-3-5-11-15(14(10)13)12(17)7-8-16-11/h3,5,7-8,13H,2,4,6,9H2,1H3,(H,16,17). The van der Waals surface area contributed by atoms with Crippen molar-refractivity contribution in [2.75, 3.05) is 6.61 Å². The second-order valence-electron chi connectivity index (χ2n) is 4.80. The molecule has 3 nitrogen and oxygen atoms in total. The summed E-state index contributed by atoms with van der Waals surface area (Å²) in [4.78, 5) is 15.2. The molecule has 1 aromatic heterocycles. The van der Waals surface area contributed by atoms with Gasteiger partial charge < -0.3 is 9.72 Å². The zero-order valence-corrected chi connectivity index (χ0v) is 10.5. The van der Waals surface area contributed by atoms with Crippen LogP contribution in [0.1, 0.15) is 37.0 Å². The van der Waals surface area contributed by atoms with E-state index in [1.807, 2.05) is 6.07 Å². The quantitative estimate of drug-likeness (QED) is 0.900. The minimum Gasteiger partial charge on any atom is -0.373 e. The Morgan fingerprint density at radius 3 is 3.11 bits per heavy atom. The van der Waals surface area contributed by atoms with Gasteiger partial charge in [-0.3, -0.25) is 4.79 Å². The van der Waals surface area contributed by atoms with Crippen LogP contribution in [0, 0.1) is 0 Å². The molecule has 0 saturated carbocycles. The lowest BCUT2D eigenvalue weighted by Crippen LogP contribution is -2.08. The number of aromatic nitrogens is 1. The number of aryl methyl sites for hydroxylation is 1. The third-order valence-electron chi connectivity index (χ3n) is 3.58. The minimum atomic E-state index is 0.0900. The van der Waals surface area contributed by atoms with Gasteiger partial charge in [0.05, 0.1) is 11.5 Å². The zero-order valence-electron chi connectivity index (χ0n) is 10.5. The van der Waals surface area contributed by atoms with Crippen molar-refractivity contribution in [2.24, 2.45) is 0 Å². The summed E-state index contributed by atoms with van der Waals surface area (Å²) in [7, 11) is 0. The highest BCUT2D eigenvalue weighted by Gasteiger charge is 2.26. The summed E-state index contributed by atoms with van der Waals surface area (Å²) in [6.45, 7) is 2.86. The van der Waals surface area contributed by atoms with Gasteiger partial charge in [-0.15, -0.1) is 0 Å². The Bertz CT molecular complexity index is 630. The molecular formula is C15H17NO2. The van der Waals surface area contributed by atoms with Gasteiger partial charge in [-0.2, -0.15) is 0 Å². The van der Waals surface area contributed by atoms with Crippen molar-refractivity contribution < 1.29 is 4.74 Å². The fourth-order valence-electron chi connectivity index (χ4n) is 2.78. The summed E-state index contributed by atoms with van der Waals surface area (Å²) < 4.78 is 5.89. The highest BCUT2D eigenvalue weighted by Crippen LogP contribution is 2.37. The lowest BCUT2D eigenvalue weighted by atomic mass is 10.0. The van der Waals surface area contributed by atoms with E-state index in [9.17, 15) is 4.79 Å². The number of hydrogen-bond acceptors (Lipinski definition) is 2. The van der Waals surface area contributed by atoms with E-state index in [0.29, 0.717) is 0 Å². The van der Waals surface area contributed by atoms with Gasteiger partial charge in [-0.25, -0.2) is 0 Å². The molecule has 0 spiro atoms. The molecule has 1 N–H and O–H groups in total. The SMILES string of the molecule is CCCOC1CCc2ccc3[nH]ccc(=O)c3c21. The van der Waals surface area contributed by atoms with Crippen molar-refractivity contribution in [3.05, 3.63) is 45.7 Å². The van der Waals surface area contributed by atoms with Gasteiger partial charge in [-0.05, 0) is 36.5 Å². The predicted octanol–water partition coefficient (Wildman–Crippen LogP) is 2.94. The summed E-state index contributed by atoms with van der Waals surface area (Å²) in [6.07, 6.45) is 4.80. The van der Waals surface area contributed by atoms with Crippen LogP contribution in [0.4, 0.5) is 0 Å². The third kappa shape index (κ3) is 1.75. The molecule has 2 aromatic rings. The van der Waals surface area contributed by atoms with Crippen molar-refractivity contribution in [2.45, 2.75) is 32.3 Å². The van der Waals surface area contributed by atoms with Gasteiger partial charge in [0.1, 0.15) is 0 Å². The number of pyridine rings is 1.